The SMILES string of the molecule is CCOc1ccc2nc(NC(=O)C3CC(=O)N(CCc4ccc(C)cc4)C3)sc2c1. The molecule has 1 fully saturated rings. The summed E-state index contributed by atoms with van der Waals surface area (Å²) < 4.78 is 6.48. The third kappa shape index (κ3) is 4.62. The lowest BCUT2D eigenvalue weighted by Gasteiger charge is -2.16. The molecule has 1 N–H and O–H groups in total. The van der Waals surface area contributed by atoms with Gasteiger partial charge in [-0.05, 0) is 44.0 Å². The zero-order valence-corrected chi connectivity index (χ0v) is 18.0. The van der Waals surface area contributed by atoms with Crippen LogP contribution in [0.2, 0.25) is 0 Å². The smallest absolute Gasteiger partial charge is 0.231 e. The van der Waals surface area contributed by atoms with E-state index in [1.165, 1.54) is 22.5 Å². The number of aromatic nitrogens is 1. The Morgan fingerprint density at radius 2 is 2.07 bits per heavy atom. The molecule has 0 bridgehead atoms. The van der Waals surface area contributed by atoms with Crippen molar-refractivity contribution in [3.05, 3.63) is 53.6 Å². The van der Waals surface area contributed by atoms with E-state index in [1.54, 1.807) is 4.90 Å². The number of nitrogens with zero attached hydrogens (tertiary/aromatic N) is 2. The van der Waals surface area contributed by atoms with E-state index in [9.17, 15) is 9.59 Å². The average Bonchev–Trinajstić information content (AvgIpc) is 3.30. The lowest BCUT2D eigenvalue weighted by Crippen LogP contribution is -2.30. The number of hydrogen-bond acceptors (Lipinski definition) is 5. The van der Waals surface area contributed by atoms with E-state index in [2.05, 4.69) is 41.5 Å². The molecule has 30 heavy (non-hydrogen) atoms. The fourth-order valence-corrected chi connectivity index (χ4v) is 4.50. The van der Waals surface area contributed by atoms with Crippen LogP contribution in [0, 0.1) is 12.8 Å². The second-order valence-electron chi connectivity index (χ2n) is 7.55. The van der Waals surface area contributed by atoms with Gasteiger partial charge in [-0.15, -0.1) is 0 Å². The number of amides is 2. The van der Waals surface area contributed by atoms with Gasteiger partial charge < -0.3 is 15.0 Å². The Balaban J connectivity index is 1.35. The topological polar surface area (TPSA) is 71.5 Å². The first-order valence-corrected chi connectivity index (χ1v) is 11.0. The fourth-order valence-electron chi connectivity index (χ4n) is 3.60. The summed E-state index contributed by atoms with van der Waals surface area (Å²) in [6.07, 6.45) is 1.04. The predicted octanol–water partition coefficient (Wildman–Crippen LogP) is 4.03. The first kappa shape index (κ1) is 20.3. The number of carbonyl (C=O) groups is 2. The Morgan fingerprint density at radius 3 is 2.83 bits per heavy atom. The third-order valence-corrected chi connectivity index (χ3v) is 6.21. The molecule has 4 rings (SSSR count). The van der Waals surface area contributed by atoms with Crippen molar-refractivity contribution in [1.82, 2.24) is 9.88 Å². The second-order valence-corrected chi connectivity index (χ2v) is 8.58. The van der Waals surface area contributed by atoms with Gasteiger partial charge >= 0.3 is 0 Å². The minimum atomic E-state index is -0.346. The van der Waals surface area contributed by atoms with Crippen molar-refractivity contribution >= 4 is 38.5 Å². The Labute approximate surface area is 179 Å². The maximum absolute atomic E-state index is 12.7. The average molecular weight is 424 g/mol. The van der Waals surface area contributed by atoms with E-state index < -0.39 is 0 Å². The Kier molecular flexibility index (Phi) is 5.99. The van der Waals surface area contributed by atoms with Crippen molar-refractivity contribution < 1.29 is 14.3 Å². The van der Waals surface area contributed by atoms with E-state index in [-0.39, 0.29) is 24.2 Å². The van der Waals surface area contributed by atoms with E-state index in [4.69, 9.17) is 4.74 Å². The number of hydrogen-bond donors (Lipinski definition) is 1. The van der Waals surface area contributed by atoms with Gasteiger partial charge in [-0.2, -0.15) is 0 Å². The van der Waals surface area contributed by atoms with Gasteiger partial charge in [0.1, 0.15) is 5.75 Å². The standard InChI is InChI=1S/C23H25N3O3S/c1-3-29-18-8-9-19-20(13-18)30-23(24-19)25-22(28)17-12-21(27)26(14-17)11-10-16-6-4-15(2)5-7-16/h4-9,13,17H,3,10-12,14H2,1-2H3,(H,24,25,28). The molecule has 1 atom stereocenters. The highest BCUT2D eigenvalue weighted by Crippen LogP contribution is 2.30. The molecule has 3 aromatic rings. The lowest BCUT2D eigenvalue weighted by molar-refractivity contribution is -0.128. The first-order valence-electron chi connectivity index (χ1n) is 10.2. The number of thiazole rings is 1. The van der Waals surface area contributed by atoms with Gasteiger partial charge in [-0.3, -0.25) is 9.59 Å². The summed E-state index contributed by atoms with van der Waals surface area (Å²) in [6.45, 7) is 5.68. The van der Waals surface area contributed by atoms with E-state index >= 15 is 0 Å². The van der Waals surface area contributed by atoms with Crippen molar-refractivity contribution in [2.24, 2.45) is 5.92 Å². The van der Waals surface area contributed by atoms with Crippen LogP contribution < -0.4 is 10.1 Å². The van der Waals surface area contributed by atoms with Crippen molar-refractivity contribution in [2.45, 2.75) is 26.7 Å². The number of rotatable bonds is 7. The van der Waals surface area contributed by atoms with Crippen LogP contribution in [0.1, 0.15) is 24.5 Å². The van der Waals surface area contributed by atoms with Crippen LogP contribution in [0.25, 0.3) is 10.2 Å². The molecule has 1 aromatic heterocycles. The molecule has 1 saturated heterocycles. The minimum Gasteiger partial charge on any atom is -0.494 e. The summed E-state index contributed by atoms with van der Waals surface area (Å²) in [7, 11) is 0. The van der Waals surface area contributed by atoms with Crippen LogP contribution in [0.15, 0.2) is 42.5 Å². The molecule has 0 saturated carbocycles. The molecule has 2 amide bonds. The molecule has 1 aliphatic rings. The maximum atomic E-state index is 12.7. The largest absolute Gasteiger partial charge is 0.494 e. The van der Waals surface area contributed by atoms with Gasteiger partial charge in [0, 0.05) is 19.5 Å². The molecular formula is C23H25N3O3S. The maximum Gasteiger partial charge on any atom is 0.231 e. The van der Waals surface area contributed by atoms with Crippen molar-refractivity contribution in [3.63, 3.8) is 0 Å². The van der Waals surface area contributed by atoms with Crippen LogP contribution in [-0.4, -0.2) is 41.4 Å². The number of fused-ring (bicyclic) bond motifs is 1. The van der Waals surface area contributed by atoms with Crippen LogP contribution in [0.4, 0.5) is 5.13 Å². The summed E-state index contributed by atoms with van der Waals surface area (Å²) in [5.74, 6) is 0.330. The summed E-state index contributed by atoms with van der Waals surface area (Å²) in [5, 5.41) is 3.44. The van der Waals surface area contributed by atoms with E-state index in [1.807, 2.05) is 25.1 Å². The summed E-state index contributed by atoms with van der Waals surface area (Å²) in [4.78, 5) is 31.4. The fraction of sp³-hybridized carbons (Fsp3) is 0.348. The number of anilines is 1. The minimum absolute atomic E-state index is 0.0351. The molecule has 6 nitrogen and oxygen atoms in total. The monoisotopic (exact) mass is 423 g/mol. The number of likely N-dealkylation sites (tertiary alicyclic amines) is 1. The number of nitrogens with one attached hydrogen (secondary N) is 1. The highest BCUT2D eigenvalue weighted by Gasteiger charge is 2.34. The number of ether oxygens (including phenoxy) is 1. The van der Waals surface area contributed by atoms with Gasteiger partial charge in [0.25, 0.3) is 0 Å². The normalized spacial score (nSPS) is 16.3. The quantitative estimate of drug-likeness (QED) is 0.623. The van der Waals surface area contributed by atoms with E-state index in [0.29, 0.717) is 24.8 Å². The first-order chi connectivity index (χ1) is 14.5. The third-order valence-electron chi connectivity index (χ3n) is 5.28. The van der Waals surface area contributed by atoms with Crippen LogP contribution in [-0.2, 0) is 16.0 Å². The van der Waals surface area contributed by atoms with Crippen LogP contribution >= 0.6 is 11.3 Å². The molecule has 0 spiro atoms. The highest BCUT2D eigenvalue weighted by atomic mass is 32.1. The molecule has 0 radical (unpaired) electrons. The zero-order valence-electron chi connectivity index (χ0n) is 17.2. The molecule has 0 aliphatic carbocycles. The van der Waals surface area contributed by atoms with Crippen molar-refractivity contribution in [2.75, 3.05) is 25.0 Å². The molecule has 7 heteroatoms. The van der Waals surface area contributed by atoms with Crippen LogP contribution in [0.5, 0.6) is 5.75 Å². The number of benzene rings is 2. The molecule has 156 valence electrons. The Morgan fingerprint density at radius 1 is 1.27 bits per heavy atom. The molecule has 2 heterocycles. The van der Waals surface area contributed by atoms with Gasteiger partial charge in [-0.1, -0.05) is 41.2 Å². The van der Waals surface area contributed by atoms with Gasteiger partial charge in [-0.25, -0.2) is 4.98 Å². The lowest BCUT2D eigenvalue weighted by atomic mass is 10.1. The number of carbonyl (C=O) groups excluding carboxylic acids is 2. The molecule has 1 aliphatic heterocycles. The molecule has 1 unspecified atom stereocenters. The van der Waals surface area contributed by atoms with Gasteiger partial charge in [0.2, 0.25) is 11.8 Å². The Bertz CT molecular complexity index is 1060. The van der Waals surface area contributed by atoms with Gasteiger partial charge in [0.05, 0.1) is 22.7 Å². The second kappa shape index (κ2) is 8.83. The summed E-state index contributed by atoms with van der Waals surface area (Å²) in [5.41, 5.74) is 3.24. The summed E-state index contributed by atoms with van der Waals surface area (Å²) in [6, 6.07) is 14.0. The number of aryl methyl sites for hydroxylation is 1. The van der Waals surface area contributed by atoms with Crippen molar-refractivity contribution in [1.29, 1.82) is 0 Å². The van der Waals surface area contributed by atoms with Crippen LogP contribution in [0.3, 0.4) is 0 Å². The molecule has 2 aromatic carbocycles. The zero-order chi connectivity index (χ0) is 21.1. The molecular weight excluding hydrogens is 398 g/mol. The summed E-state index contributed by atoms with van der Waals surface area (Å²) >= 11 is 1.41. The van der Waals surface area contributed by atoms with Crippen molar-refractivity contribution in [3.8, 4) is 5.75 Å². The Hall–Kier alpha value is -2.93. The highest BCUT2D eigenvalue weighted by molar-refractivity contribution is 7.22. The van der Waals surface area contributed by atoms with Gasteiger partial charge in [0.15, 0.2) is 5.13 Å². The van der Waals surface area contributed by atoms with E-state index in [0.717, 1.165) is 22.4 Å². The predicted molar refractivity (Wildman–Crippen MR) is 119 cm³/mol.